The fourth-order valence-electron chi connectivity index (χ4n) is 2.79. The van der Waals surface area contributed by atoms with Gasteiger partial charge in [0.1, 0.15) is 5.75 Å². The molecule has 2 rings (SSSR count). The van der Waals surface area contributed by atoms with E-state index >= 15 is 0 Å². The maximum atomic E-state index is 6.29. The van der Waals surface area contributed by atoms with Crippen LogP contribution in [0.5, 0.6) is 17.2 Å². The molecule has 1 aromatic rings. The predicted octanol–water partition coefficient (Wildman–Crippen LogP) is 2.75. The number of methoxy groups -OCH3 is 3. The zero-order chi connectivity index (χ0) is 14.0. The second-order valence-corrected chi connectivity index (χ2v) is 5.25. The molecule has 0 radical (unpaired) electrons. The topological polar surface area (TPSA) is 53.7 Å². The average molecular weight is 286 g/mol. The van der Waals surface area contributed by atoms with Crippen LogP contribution in [0.2, 0.25) is 5.02 Å². The third kappa shape index (κ3) is 2.13. The molecule has 0 heterocycles. The molecule has 0 bridgehead atoms. The van der Waals surface area contributed by atoms with Gasteiger partial charge in [-0.15, -0.1) is 0 Å². The molecule has 0 atom stereocenters. The van der Waals surface area contributed by atoms with Gasteiger partial charge >= 0.3 is 0 Å². The minimum atomic E-state index is -0.116. The minimum Gasteiger partial charge on any atom is -0.495 e. The van der Waals surface area contributed by atoms with Crippen molar-refractivity contribution in [3.8, 4) is 17.2 Å². The van der Waals surface area contributed by atoms with Crippen LogP contribution in [-0.4, -0.2) is 27.9 Å². The first-order valence-corrected chi connectivity index (χ1v) is 6.70. The Bertz CT molecular complexity index is 467. The monoisotopic (exact) mass is 285 g/mol. The van der Waals surface area contributed by atoms with Gasteiger partial charge in [-0.2, -0.15) is 0 Å². The lowest BCUT2D eigenvalue weighted by atomic mass is 9.64. The lowest BCUT2D eigenvalue weighted by molar-refractivity contribution is 0.230. The van der Waals surface area contributed by atoms with Gasteiger partial charge in [0.05, 0.1) is 26.4 Å². The van der Waals surface area contributed by atoms with E-state index in [1.807, 2.05) is 0 Å². The fourth-order valence-corrected chi connectivity index (χ4v) is 3.06. The highest BCUT2D eigenvalue weighted by Gasteiger charge is 2.43. The van der Waals surface area contributed by atoms with Gasteiger partial charge in [0, 0.05) is 23.6 Å². The van der Waals surface area contributed by atoms with Crippen molar-refractivity contribution in [2.45, 2.75) is 24.7 Å². The van der Waals surface area contributed by atoms with Gasteiger partial charge in [0.2, 0.25) is 0 Å². The Kier molecular flexibility index (Phi) is 4.11. The minimum absolute atomic E-state index is 0.116. The Morgan fingerprint density at radius 3 is 2.16 bits per heavy atom. The fraction of sp³-hybridized carbons (Fsp3) is 0.571. The molecule has 1 fully saturated rings. The van der Waals surface area contributed by atoms with Crippen LogP contribution >= 0.6 is 11.6 Å². The molecule has 1 aliphatic carbocycles. The molecule has 1 aromatic carbocycles. The number of hydrogen-bond acceptors (Lipinski definition) is 4. The summed E-state index contributed by atoms with van der Waals surface area (Å²) < 4.78 is 16.4. The standard InChI is InChI=1S/C14H20ClNO3/c1-17-10-7-9(15)12(18-2)11(13(10)19-3)14(8-16)5-4-6-14/h7H,4-6,8,16H2,1-3H3. The zero-order valence-corrected chi connectivity index (χ0v) is 12.3. The number of rotatable bonds is 5. The Morgan fingerprint density at radius 1 is 1.16 bits per heavy atom. The zero-order valence-electron chi connectivity index (χ0n) is 11.6. The molecule has 106 valence electrons. The van der Waals surface area contributed by atoms with E-state index in [0.717, 1.165) is 24.8 Å². The first-order chi connectivity index (χ1) is 9.13. The highest BCUT2D eigenvalue weighted by Crippen LogP contribution is 2.54. The highest BCUT2D eigenvalue weighted by atomic mass is 35.5. The molecular weight excluding hydrogens is 266 g/mol. The van der Waals surface area contributed by atoms with E-state index in [2.05, 4.69) is 0 Å². The van der Waals surface area contributed by atoms with Crippen LogP contribution in [0.4, 0.5) is 0 Å². The Balaban J connectivity index is 2.70. The summed E-state index contributed by atoms with van der Waals surface area (Å²) in [5.41, 5.74) is 6.82. The van der Waals surface area contributed by atoms with Gasteiger partial charge in [-0.1, -0.05) is 18.0 Å². The Morgan fingerprint density at radius 2 is 1.79 bits per heavy atom. The summed E-state index contributed by atoms with van der Waals surface area (Å²) in [6.45, 7) is 0.545. The van der Waals surface area contributed by atoms with Crippen molar-refractivity contribution in [3.05, 3.63) is 16.7 Å². The molecule has 4 nitrogen and oxygen atoms in total. The van der Waals surface area contributed by atoms with E-state index in [-0.39, 0.29) is 5.41 Å². The lowest BCUT2D eigenvalue weighted by Crippen LogP contribution is -2.42. The molecule has 0 aliphatic heterocycles. The third-order valence-electron chi connectivity index (χ3n) is 4.01. The number of benzene rings is 1. The van der Waals surface area contributed by atoms with E-state index in [0.29, 0.717) is 28.8 Å². The predicted molar refractivity (Wildman–Crippen MR) is 75.7 cm³/mol. The molecular formula is C14H20ClNO3. The third-order valence-corrected chi connectivity index (χ3v) is 4.29. The van der Waals surface area contributed by atoms with Crippen molar-refractivity contribution in [3.63, 3.8) is 0 Å². The van der Waals surface area contributed by atoms with Gasteiger partial charge in [-0.3, -0.25) is 0 Å². The maximum absolute atomic E-state index is 6.29. The quantitative estimate of drug-likeness (QED) is 0.904. The van der Waals surface area contributed by atoms with Crippen molar-refractivity contribution in [1.29, 1.82) is 0 Å². The Hall–Kier alpha value is -1.13. The summed E-state index contributed by atoms with van der Waals surface area (Å²) in [6, 6.07) is 1.71. The molecule has 5 heteroatoms. The lowest BCUT2D eigenvalue weighted by Gasteiger charge is -2.43. The molecule has 0 unspecified atom stereocenters. The molecule has 1 aliphatic rings. The van der Waals surface area contributed by atoms with Crippen LogP contribution in [0.25, 0.3) is 0 Å². The van der Waals surface area contributed by atoms with Crippen molar-refractivity contribution in [2.75, 3.05) is 27.9 Å². The first-order valence-electron chi connectivity index (χ1n) is 6.32. The first kappa shape index (κ1) is 14.3. The number of ether oxygens (including phenoxy) is 3. The van der Waals surface area contributed by atoms with Crippen LogP contribution in [-0.2, 0) is 5.41 Å². The van der Waals surface area contributed by atoms with Crippen molar-refractivity contribution in [1.82, 2.24) is 0 Å². The highest BCUT2D eigenvalue weighted by molar-refractivity contribution is 6.32. The van der Waals surface area contributed by atoms with E-state index in [9.17, 15) is 0 Å². The molecule has 0 saturated heterocycles. The van der Waals surface area contributed by atoms with E-state index in [4.69, 9.17) is 31.5 Å². The SMILES string of the molecule is COc1cc(Cl)c(OC)c(C2(CN)CCC2)c1OC. The number of halogens is 1. The normalized spacial score (nSPS) is 16.7. The molecule has 0 spiro atoms. The van der Waals surface area contributed by atoms with E-state index in [1.165, 1.54) is 0 Å². The molecule has 2 N–H and O–H groups in total. The molecule has 19 heavy (non-hydrogen) atoms. The number of nitrogens with two attached hydrogens (primary N) is 1. The van der Waals surface area contributed by atoms with E-state index < -0.39 is 0 Å². The summed E-state index contributed by atoms with van der Waals surface area (Å²) in [7, 11) is 4.83. The summed E-state index contributed by atoms with van der Waals surface area (Å²) in [4.78, 5) is 0. The van der Waals surface area contributed by atoms with Gasteiger partial charge in [-0.05, 0) is 12.8 Å². The summed E-state index contributed by atoms with van der Waals surface area (Å²) in [6.07, 6.45) is 3.18. The van der Waals surface area contributed by atoms with Crippen molar-refractivity contribution in [2.24, 2.45) is 5.73 Å². The molecule has 0 amide bonds. The van der Waals surface area contributed by atoms with Gasteiger partial charge in [0.25, 0.3) is 0 Å². The molecule has 0 aromatic heterocycles. The van der Waals surface area contributed by atoms with Crippen molar-refractivity contribution < 1.29 is 14.2 Å². The van der Waals surface area contributed by atoms with Gasteiger partial charge in [0.15, 0.2) is 11.5 Å². The van der Waals surface area contributed by atoms with E-state index in [1.54, 1.807) is 27.4 Å². The Labute approximate surface area is 118 Å². The van der Waals surface area contributed by atoms with Crippen LogP contribution in [0.15, 0.2) is 6.07 Å². The van der Waals surface area contributed by atoms with Crippen LogP contribution < -0.4 is 19.9 Å². The summed E-state index contributed by atoms with van der Waals surface area (Å²) >= 11 is 6.29. The second kappa shape index (κ2) is 5.47. The second-order valence-electron chi connectivity index (χ2n) is 4.84. The van der Waals surface area contributed by atoms with Crippen molar-refractivity contribution >= 4 is 11.6 Å². The van der Waals surface area contributed by atoms with Gasteiger partial charge in [-0.25, -0.2) is 0 Å². The van der Waals surface area contributed by atoms with Crippen LogP contribution in [0.3, 0.4) is 0 Å². The summed E-state index contributed by atoms with van der Waals surface area (Å²) in [5, 5.41) is 0.523. The van der Waals surface area contributed by atoms with Gasteiger partial charge < -0.3 is 19.9 Å². The maximum Gasteiger partial charge on any atom is 0.168 e. The largest absolute Gasteiger partial charge is 0.495 e. The average Bonchev–Trinajstić information content (AvgIpc) is 2.37. The van der Waals surface area contributed by atoms with Crippen LogP contribution in [0.1, 0.15) is 24.8 Å². The number of hydrogen-bond donors (Lipinski definition) is 1. The molecule has 1 saturated carbocycles. The smallest absolute Gasteiger partial charge is 0.168 e. The summed E-state index contributed by atoms with van der Waals surface area (Å²) in [5.74, 6) is 1.93. The van der Waals surface area contributed by atoms with Crippen LogP contribution in [0, 0.1) is 0 Å².